The Balaban J connectivity index is 2.21. The second kappa shape index (κ2) is 5.01. The summed E-state index contributed by atoms with van der Waals surface area (Å²) < 4.78 is 33.5. The predicted molar refractivity (Wildman–Crippen MR) is 58.7 cm³/mol. The molecule has 0 spiro atoms. The molecule has 0 bridgehead atoms. The lowest BCUT2D eigenvalue weighted by Crippen LogP contribution is -2.07. The zero-order valence-electron chi connectivity index (χ0n) is 9.80. The van der Waals surface area contributed by atoms with E-state index < -0.39 is 28.9 Å². The first kappa shape index (κ1) is 12.9. The van der Waals surface area contributed by atoms with Crippen molar-refractivity contribution in [3.63, 3.8) is 0 Å². The SMILES string of the molecule is Cn1cnnc1COc1c(F)cc(C(=O)O)cc1F. The van der Waals surface area contributed by atoms with Crippen LogP contribution in [0.4, 0.5) is 8.78 Å². The topological polar surface area (TPSA) is 77.2 Å². The highest BCUT2D eigenvalue weighted by molar-refractivity contribution is 5.87. The molecular formula is C11H9F2N3O3. The fourth-order valence-corrected chi connectivity index (χ4v) is 1.40. The van der Waals surface area contributed by atoms with E-state index in [0.29, 0.717) is 18.0 Å². The van der Waals surface area contributed by atoms with Gasteiger partial charge in [0.1, 0.15) is 12.9 Å². The molecule has 0 radical (unpaired) electrons. The van der Waals surface area contributed by atoms with Crippen LogP contribution in [0.5, 0.6) is 5.75 Å². The lowest BCUT2D eigenvalue weighted by molar-refractivity contribution is 0.0695. The Kier molecular flexibility index (Phi) is 3.41. The van der Waals surface area contributed by atoms with Crippen LogP contribution >= 0.6 is 0 Å². The van der Waals surface area contributed by atoms with Crippen LogP contribution in [0.1, 0.15) is 16.2 Å². The predicted octanol–water partition coefficient (Wildman–Crippen LogP) is 1.37. The maximum Gasteiger partial charge on any atom is 0.335 e. The molecule has 8 heteroatoms. The molecule has 0 unspecified atom stereocenters. The van der Waals surface area contributed by atoms with Crippen molar-refractivity contribution in [2.24, 2.45) is 7.05 Å². The Bertz CT molecular complexity index is 604. The van der Waals surface area contributed by atoms with Gasteiger partial charge >= 0.3 is 5.97 Å². The molecule has 100 valence electrons. The number of carboxylic acids is 1. The van der Waals surface area contributed by atoms with Crippen molar-refractivity contribution in [1.82, 2.24) is 14.8 Å². The summed E-state index contributed by atoms with van der Waals surface area (Å²) in [6.07, 6.45) is 1.42. The third-order valence-electron chi connectivity index (χ3n) is 2.40. The Hall–Kier alpha value is -2.51. The van der Waals surface area contributed by atoms with Crippen molar-refractivity contribution < 1.29 is 23.4 Å². The molecule has 0 aliphatic heterocycles. The summed E-state index contributed by atoms with van der Waals surface area (Å²) >= 11 is 0. The minimum absolute atomic E-state index is 0.184. The maximum absolute atomic E-state index is 13.5. The van der Waals surface area contributed by atoms with Gasteiger partial charge in [-0.25, -0.2) is 13.6 Å². The molecule has 1 aromatic carbocycles. The number of ether oxygens (including phenoxy) is 1. The minimum Gasteiger partial charge on any atom is -0.479 e. The molecule has 1 heterocycles. The Morgan fingerprint density at radius 3 is 2.53 bits per heavy atom. The largest absolute Gasteiger partial charge is 0.479 e. The smallest absolute Gasteiger partial charge is 0.335 e. The number of hydrogen-bond acceptors (Lipinski definition) is 4. The molecule has 0 atom stereocenters. The highest BCUT2D eigenvalue weighted by Gasteiger charge is 2.16. The van der Waals surface area contributed by atoms with E-state index in [1.807, 2.05) is 0 Å². The van der Waals surface area contributed by atoms with Crippen LogP contribution in [0.25, 0.3) is 0 Å². The molecule has 0 saturated heterocycles. The van der Waals surface area contributed by atoms with Gasteiger partial charge in [0.15, 0.2) is 23.2 Å². The van der Waals surface area contributed by atoms with E-state index in [1.165, 1.54) is 10.9 Å². The van der Waals surface area contributed by atoms with Crippen LogP contribution in [0.2, 0.25) is 0 Å². The summed E-state index contributed by atoms with van der Waals surface area (Å²) in [4.78, 5) is 10.6. The number of benzene rings is 1. The van der Waals surface area contributed by atoms with Gasteiger partial charge in [-0.1, -0.05) is 0 Å². The number of halogens is 2. The van der Waals surface area contributed by atoms with E-state index in [2.05, 4.69) is 10.2 Å². The third-order valence-corrected chi connectivity index (χ3v) is 2.40. The van der Waals surface area contributed by atoms with E-state index in [4.69, 9.17) is 9.84 Å². The average molecular weight is 269 g/mol. The minimum atomic E-state index is -1.42. The highest BCUT2D eigenvalue weighted by atomic mass is 19.1. The second-order valence-electron chi connectivity index (χ2n) is 3.72. The van der Waals surface area contributed by atoms with Crippen LogP contribution in [0, 0.1) is 11.6 Å². The van der Waals surface area contributed by atoms with E-state index in [0.717, 1.165) is 0 Å². The van der Waals surface area contributed by atoms with Gasteiger partial charge in [-0.05, 0) is 12.1 Å². The number of nitrogens with zero attached hydrogens (tertiary/aromatic N) is 3. The van der Waals surface area contributed by atoms with E-state index in [9.17, 15) is 13.6 Å². The first-order valence-corrected chi connectivity index (χ1v) is 5.17. The fraction of sp³-hybridized carbons (Fsp3) is 0.182. The highest BCUT2D eigenvalue weighted by Crippen LogP contribution is 2.24. The number of aryl methyl sites for hydroxylation is 1. The molecule has 0 amide bonds. The molecule has 1 N–H and O–H groups in total. The normalized spacial score (nSPS) is 10.5. The maximum atomic E-state index is 13.5. The van der Waals surface area contributed by atoms with Crippen molar-refractivity contribution in [3.05, 3.63) is 41.5 Å². The molecule has 0 saturated carbocycles. The van der Waals surface area contributed by atoms with Crippen molar-refractivity contribution in [2.75, 3.05) is 0 Å². The van der Waals surface area contributed by atoms with Gasteiger partial charge in [0, 0.05) is 7.05 Å². The molecule has 0 aliphatic rings. The van der Waals surface area contributed by atoms with Crippen molar-refractivity contribution in [2.45, 2.75) is 6.61 Å². The third kappa shape index (κ3) is 2.67. The van der Waals surface area contributed by atoms with Crippen molar-refractivity contribution in [1.29, 1.82) is 0 Å². The molecule has 2 aromatic rings. The van der Waals surface area contributed by atoms with Crippen molar-refractivity contribution >= 4 is 5.97 Å². The lowest BCUT2D eigenvalue weighted by atomic mass is 10.2. The molecule has 0 aliphatic carbocycles. The molecule has 2 rings (SSSR count). The zero-order valence-corrected chi connectivity index (χ0v) is 9.80. The number of carboxylic acid groups (broad SMARTS) is 1. The summed E-state index contributed by atoms with van der Waals surface area (Å²) in [5.41, 5.74) is -0.485. The molecule has 6 nitrogen and oxygen atoms in total. The Labute approximate surface area is 106 Å². The fourth-order valence-electron chi connectivity index (χ4n) is 1.40. The van der Waals surface area contributed by atoms with E-state index in [-0.39, 0.29) is 6.61 Å². The number of carbonyl (C=O) groups is 1. The number of rotatable bonds is 4. The second-order valence-corrected chi connectivity index (χ2v) is 3.72. The molecule has 1 aromatic heterocycles. The van der Waals surface area contributed by atoms with Gasteiger partial charge in [-0.3, -0.25) is 0 Å². The van der Waals surface area contributed by atoms with Gasteiger partial charge in [-0.2, -0.15) is 0 Å². The van der Waals surface area contributed by atoms with Gasteiger partial charge in [0.2, 0.25) is 0 Å². The Morgan fingerprint density at radius 1 is 1.42 bits per heavy atom. The molecule has 0 fully saturated rings. The summed E-state index contributed by atoms with van der Waals surface area (Å²) in [6, 6.07) is 1.38. The number of aromatic nitrogens is 3. The first-order valence-electron chi connectivity index (χ1n) is 5.17. The van der Waals surface area contributed by atoms with E-state index in [1.54, 1.807) is 7.05 Å². The van der Waals surface area contributed by atoms with Crippen LogP contribution in [-0.4, -0.2) is 25.8 Å². The van der Waals surface area contributed by atoms with Crippen LogP contribution in [0.15, 0.2) is 18.5 Å². The van der Waals surface area contributed by atoms with Crippen LogP contribution in [0.3, 0.4) is 0 Å². The summed E-state index contributed by atoms with van der Waals surface area (Å²) in [5.74, 6) is -3.86. The van der Waals surface area contributed by atoms with E-state index >= 15 is 0 Å². The van der Waals surface area contributed by atoms with Gasteiger partial charge in [0.25, 0.3) is 0 Å². The van der Waals surface area contributed by atoms with Gasteiger partial charge < -0.3 is 14.4 Å². The van der Waals surface area contributed by atoms with Gasteiger partial charge in [0.05, 0.1) is 5.56 Å². The summed E-state index contributed by atoms with van der Waals surface area (Å²) in [5, 5.41) is 15.9. The number of hydrogen-bond donors (Lipinski definition) is 1. The quantitative estimate of drug-likeness (QED) is 0.907. The number of aromatic carboxylic acids is 1. The monoisotopic (exact) mass is 269 g/mol. The lowest BCUT2D eigenvalue weighted by Gasteiger charge is -2.08. The average Bonchev–Trinajstić information content (AvgIpc) is 2.73. The first-order chi connectivity index (χ1) is 8.99. The molecular weight excluding hydrogens is 260 g/mol. The van der Waals surface area contributed by atoms with Crippen LogP contribution in [-0.2, 0) is 13.7 Å². The van der Waals surface area contributed by atoms with Crippen molar-refractivity contribution in [3.8, 4) is 5.75 Å². The standard InChI is InChI=1S/C11H9F2N3O3/c1-16-5-14-15-9(16)4-19-10-7(12)2-6(11(17)18)3-8(10)13/h2-3,5H,4H2,1H3,(H,17,18). The van der Waals surface area contributed by atoms with Gasteiger partial charge in [-0.15, -0.1) is 10.2 Å². The summed E-state index contributed by atoms with van der Waals surface area (Å²) in [7, 11) is 1.65. The zero-order chi connectivity index (χ0) is 14.0. The molecule has 19 heavy (non-hydrogen) atoms. The summed E-state index contributed by atoms with van der Waals surface area (Å²) in [6.45, 7) is -0.184. The van der Waals surface area contributed by atoms with Crippen LogP contribution < -0.4 is 4.74 Å². The Morgan fingerprint density at radius 2 is 2.05 bits per heavy atom.